The van der Waals surface area contributed by atoms with Gasteiger partial charge in [-0.05, 0) is 12.1 Å². The van der Waals surface area contributed by atoms with E-state index in [4.69, 9.17) is 11.6 Å². The molecule has 126 valence electrons. The summed E-state index contributed by atoms with van der Waals surface area (Å²) in [4.78, 5) is 29.6. The minimum absolute atomic E-state index is 0.0388. The van der Waals surface area contributed by atoms with Gasteiger partial charge in [-0.15, -0.1) is 0 Å². The number of hydrogen-bond donors (Lipinski definition) is 0. The Hall–Kier alpha value is -2.59. The molecule has 0 atom stereocenters. The Morgan fingerprint density at radius 1 is 0.680 bits per heavy atom. The van der Waals surface area contributed by atoms with E-state index >= 15 is 0 Å². The third-order valence-corrected chi connectivity index (χ3v) is 5.11. The molecule has 4 nitrogen and oxygen atoms in total. The summed E-state index contributed by atoms with van der Waals surface area (Å²) in [6.45, 7) is 2.87. The van der Waals surface area contributed by atoms with Crippen LogP contribution in [0.1, 0.15) is 20.7 Å². The third kappa shape index (κ3) is 2.72. The van der Waals surface area contributed by atoms with Crippen LogP contribution in [0.15, 0.2) is 65.3 Å². The SMILES string of the molecule is O=C1C(Cl)=C(N2CCN(c3ccccc3)CC2)C(=O)c2ccccc21. The van der Waals surface area contributed by atoms with E-state index < -0.39 is 0 Å². The van der Waals surface area contributed by atoms with E-state index in [9.17, 15) is 9.59 Å². The number of rotatable bonds is 2. The molecule has 0 bridgehead atoms. The zero-order chi connectivity index (χ0) is 17.4. The number of piperazine rings is 1. The standard InChI is InChI=1S/C20H17ClN2O2/c21-17-18(20(25)16-9-5-4-8-15(16)19(17)24)23-12-10-22(11-13-23)14-6-2-1-3-7-14/h1-9H,10-13H2. The van der Waals surface area contributed by atoms with Crippen molar-refractivity contribution in [3.05, 3.63) is 76.5 Å². The highest BCUT2D eigenvalue weighted by Gasteiger charge is 2.35. The second-order valence-electron chi connectivity index (χ2n) is 6.18. The van der Waals surface area contributed by atoms with Crippen molar-refractivity contribution in [2.75, 3.05) is 31.1 Å². The Labute approximate surface area is 151 Å². The van der Waals surface area contributed by atoms with Crippen molar-refractivity contribution < 1.29 is 9.59 Å². The van der Waals surface area contributed by atoms with Crippen molar-refractivity contribution in [3.8, 4) is 0 Å². The molecule has 0 spiro atoms. The molecule has 2 aromatic carbocycles. The van der Waals surface area contributed by atoms with Gasteiger partial charge in [0.1, 0.15) is 10.7 Å². The van der Waals surface area contributed by atoms with Crippen LogP contribution in [0.5, 0.6) is 0 Å². The van der Waals surface area contributed by atoms with Crippen molar-refractivity contribution >= 4 is 28.9 Å². The molecule has 0 unspecified atom stereocenters. The highest BCUT2D eigenvalue weighted by atomic mass is 35.5. The summed E-state index contributed by atoms with van der Waals surface area (Å²) in [5.41, 5.74) is 2.35. The average molecular weight is 353 g/mol. The maximum atomic E-state index is 12.9. The van der Waals surface area contributed by atoms with Crippen molar-refractivity contribution in [2.45, 2.75) is 0 Å². The lowest BCUT2D eigenvalue weighted by atomic mass is 9.91. The fraction of sp³-hybridized carbons (Fsp3) is 0.200. The summed E-state index contributed by atoms with van der Waals surface area (Å²) in [6, 6.07) is 17.0. The van der Waals surface area contributed by atoms with Crippen LogP contribution >= 0.6 is 11.6 Å². The maximum absolute atomic E-state index is 12.9. The van der Waals surface area contributed by atoms with Crippen molar-refractivity contribution in [3.63, 3.8) is 0 Å². The summed E-state index contributed by atoms with van der Waals surface area (Å²) in [5, 5.41) is 0.0388. The quantitative estimate of drug-likeness (QED) is 0.831. The van der Waals surface area contributed by atoms with Gasteiger partial charge < -0.3 is 9.80 Å². The number of allylic oxidation sites excluding steroid dienone is 2. The number of carbonyl (C=O) groups is 2. The van der Waals surface area contributed by atoms with E-state index in [1.165, 1.54) is 5.69 Å². The monoisotopic (exact) mass is 352 g/mol. The van der Waals surface area contributed by atoms with Crippen LogP contribution in [0.2, 0.25) is 0 Å². The summed E-state index contributed by atoms with van der Waals surface area (Å²) < 4.78 is 0. The van der Waals surface area contributed by atoms with E-state index in [-0.39, 0.29) is 16.6 Å². The zero-order valence-corrected chi connectivity index (χ0v) is 14.4. The van der Waals surface area contributed by atoms with Crippen LogP contribution in [0, 0.1) is 0 Å². The molecule has 1 heterocycles. The Morgan fingerprint density at radius 3 is 1.84 bits per heavy atom. The topological polar surface area (TPSA) is 40.6 Å². The first-order valence-electron chi connectivity index (χ1n) is 8.30. The van der Waals surface area contributed by atoms with E-state index in [2.05, 4.69) is 17.0 Å². The first-order chi connectivity index (χ1) is 12.2. The van der Waals surface area contributed by atoms with Gasteiger partial charge in [-0.1, -0.05) is 54.1 Å². The first kappa shape index (κ1) is 15.9. The van der Waals surface area contributed by atoms with Gasteiger partial charge in [-0.2, -0.15) is 0 Å². The second kappa shape index (κ2) is 6.37. The van der Waals surface area contributed by atoms with Crippen LogP contribution in [0.4, 0.5) is 5.69 Å². The number of anilines is 1. The first-order valence-corrected chi connectivity index (χ1v) is 8.68. The molecule has 25 heavy (non-hydrogen) atoms. The molecular weight excluding hydrogens is 336 g/mol. The van der Waals surface area contributed by atoms with Gasteiger partial charge in [-0.3, -0.25) is 9.59 Å². The van der Waals surface area contributed by atoms with Gasteiger partial charge in [0.05, 0.1) is 0 Å². The fourth-order valence-electron chi connectivity index (χ4n) is 3.44. The van der Waals surface area contributed by atoms with Gasteiger partial charge in [0.15, 0.2) is 0 Å². The van der Waals surface area contributed by atoms with Crippen molar-refractivity contribution in [2.24, 2.45) is 0 Å². The van der Waals surface area contributed by atoms with Gasteiger partial charge >= 0.3 is 0 Å². The van der Waals surface area contributed by atoms with Crippen LogP contribution in [0.25, 0.3) is 0 Å². The number of carbonyl (C=O) groups excluding carboxylic acids is 2. The molecule has 2 aliphatic rings. The average Bonchev–Trinajstić information content (AvgIpc) is 2.68. The molecule has 1 saturated heterocycles. The highest BCUT2D eigenvalue weighted by Crippen LogP contribution is 2.31. The smallest absolute Gasteiger partial charge is 0.211 e. The largest absolute Gasteiger partial charge is 0.368 e. The number of fused-ring (bicyclic) bond motifs is 1. The minimum atomic E-state index is -0.266. The molecule has 4 rings (SSSR count). The molecule has 1 fully saturated rings. The molecule has 5 heteroatoms. The molecule has 1 aliphatic carbocycles. The Kier molecular flexibility index (Phi) is 4.06. The predicted molar refractivity (Wildman–Crippen MR) is 98.2 cm³/mol. The summed E-state index contributed by atoms with van der Waals surface area (Å²) in [5.74, 6) is -0.425. The van der Waals surface area contributed by atoms with Gasteiger partial charge in [0.2, 0.25) is 11.6 Å². The normalized spacial score (nSPS) is 17.8. The van der Waals surface area contributed by atoms with Crippen LogP contribution in [-0.4, -0.2) is 42.6 Å². The van der Waals surface area contributed by atoms with Crippen molar-refractivity contribution in [1.29, 1.82) is 0 Å². The van der Waals surface area contributed by atoms with E-state index in [0.29, 0.717) is 29.9 Å². The Balaban J connectivity index is 1.58. The number of hydrogen-bond acceptors (Lipinski definition) is 4. The Morgan fingerprint density at radius 2 is 1.20 bits per heavy atom. The molecule has 2 aromatic rings. The van der Waals surface area contributed by atoms with Crippen LogP contribution < -0.4 is 4.90 Å². The highest BCUT2D eigenvalue weighted by molar-refractivity contribution is 6.49. The Bertz CT molecular complexity index is 868. The summed E-state index contributed by atoms with van der Waals surface area (Å²) in [7, 11) is 0. The molecule has 0 saturated carbocycles. The predicted octanol–water partition coefficient (Wildman–Crippen LogP) is 3.34. The summed E-state index contributed by atoms with van der Waals surface area (Å²) >= 11 is 6.30. The summed E-state index contributed by atoms with van der Waals surface area (Å²) in [6.07, 6.45) is 0. The maximum Gasteiger partial charge on any atom is 0.211 e. The number of ketones is 2. The molecular formula is C20H17ClN2O2. The van der Waals surface area contributed by atoms with E-state index in [0.717, 1.165) is 13.1 Å². The van der Waals surface area contributed by atoms with E-state index in [1.807, 2.05) is 23.1 Å². The van der Waals surface area contributed by atoms with Gasteiger partial charge in [0.25, 0.3) is 0 Å². The fourth-order valence-corrected chi connectivity index (χ4v) is 3.75. The number of Topliss-reactive ketones (excluding diaryl/α,β-unsaturated/α-hetero) is 2. The lowest BCUT2D eigenvalue weighted by Crippen LogP contribution is -2.48. The number of nitrogens with zero attached hydrogens (tertiary/aromatic N) is 2. The van der Waals surface area contributed by atoms with E-state index in [1.54, 1.807) is 24.3 Å². The molecule has 1 aliphatic heterocycles. The van der Waals surface area contributed by atoms with Crippen LogP contribution in [0.3, 0.4) is 0 Å². The number of para-hydroxylation sites is 1. The molecule has 0 radical (unpaired) electrons. The molecule has 0 N–H and O–H groups in total. The minimum Gasteiger partial charge on any atom is -0.368 e. The lowest BCUT2D eigenvalue weighted by molar-refractivity contribution is 0.0945. The number of benzene rings is 2. The van der Waals surface area contributed by atoms with Crippen molar-refractivity contribution in [1.82, 2.24) is 4.90 Å². The van der Waals surface area contributed by atoms with Gasteiger partial charge in [0, 0.05) is 43.0 Å². The second-order valence-corrected chi connectivity index (χ2v) is 6.55. The van der Waals surface area contributed by atoms with Gasteiger partial charge in [-0.25, -0.2) is 0 Å². The van der Waals surface area contributed by atoms with Crippen LogP contribution in [-0.2, 0) is 0 Å². The lowest BCUT2D eigenvalue weighted by Gasteiger charge is -2.39. The third-order valence-electron chi connectivity index (χ3n) is 4.76. The zero-order valence-electron chi connectivity index (χ0n) is 13.6. The number of halogens is 1. The molecule has 0 aromatic heterocycles. The molecule has 0 amide bonds.